The van der Waals surface area contributed by atoms with Gasteiger partial charge in [0.15, 0.2) is 0 Å². The van der Waals surface area contributed by atoms with Crippen LogP contribution in [0.25, 0.3) is 0 Å². The molecule has 3 rings (SSSR count). The zero-order valence-electron chi connectivity index (χ0n) is 15.7. The second-order valence-corrected chi connectivity index (χ2v) is 23.5. The van der Waals surface area contributed by atoms with E-state index in [1.165, 1.54) is 22.8 Å². The molecular formula is C21H20Cl3O2PZn. The van der Waals surface area contributed by atoms with Crippen molar-refractivity contribution in [2.75, 3.05) is 6.66 Å². The number of ether oxygens (including phenoxy) is 1. The van der Waals surface area contributed by atoms with Crippen molar-refractivity contribution in [2.45, 2.75) is 6.92 Å². The van der Waals surface area contributed by atoms with Gasteiger partial charge < -0.3 is 4.74 Å². The molecule has 0 spiro atoms. The Hall–Kier alpha value is -0.947. The van der Waals surface area contributed by atoms with E-state index in [2.05, 4.69) is 67.3 Å². The van der Waals surface area contributed by atoms with Crippen molar-refractivity contribution < 1.29 is 22.5 Å². The summed E-state index contributed by atoms with van der Waals surface area (Å²) in [6.07, 6.45) is 0. The van der Waals surface area contributed by atoms with Crippen molar-refractivity contribution in [3.05, 3.63) is 84.9 Å². The fourth-order valence-corrected chi connectivity index (χ4v) is 6.05. The standard InChI is InChI=1S/C21H20O2P.3ClH.Zn/c1-17(22)23-18-13-15-21(16-14-18)24(2,19-9-5-3-6-10-19)20-11-7-4-8-12-20;;;;/h3-16H,1-2H3;3*1H;/q+1;;;;+2/p-3. The molecule has 0 atom stereocenters. The first-order valence-electron chi connectivity index (χ1n) is 8.67. The molecule has 7 heteroatoms. The van der Waals surface area contributed by atoms with E-state index in [9.17, 15) is 4.79 Å². The van der Waals surface area contributed by atoms with Gasteiger partial charge in [-0.25, -0.2) is 0 Å². The van der Waals surface area contributed by atoms with Crippen LogP contribution in [0.4, 0.5) is 0 Å². The first-order chi connectivity index (χ1) is 13.3. The molecule has 3 aromatic carbocycles. The van der Waals surface area contributed by atoms with E-state index in [0.29, 0.717) is 5.75 Å². The van der Waals surface area contributed by atoms with E-state index in [1.807, 2.05) is 24.3 Å². The van der Waals surface area contributed by atoms with Gasteiger partial charge >= 0.3 is 48.0 Å². The minimum absolute atomic E-state index is 0.300. The van der Waals surface area contributed by atoms with Crippen molar-refractivity contribution in [2.24, 2.45) is 0 Å². The van der Waals surface area contributed by atoms with Crippen LogP contribution in [-0.4, -0.2) is 12.6 Å². The third-order valence-electron chi connectivity index (χ3n) is 4.16. The van der Waals surface area contributed by atoms with E-state index in [1.54, 1.807) is 0 Å². The fourth-order valence-electron chi connectivity index (χ4n) is 2.88. The molecule has 144 valence electrons. The molecule has 0 heterocycles. The van der Waals surface area contributed by atoms with Crippen LogP contribution >= 0.6 is 36.3 Å². The van der Waals surface area contributed by atoms with Gasteiger partial charge in [-0.15, -0.1) is 0 Å². The van der Waals surface area contributed by atoms with Gasteiger partial charge in [-0.3, -0.25) is 4.79 Å². The number of hydrogen-bond donors (Lipinski definition) is 0. The molecule has 2 nitrogen and oxygen atoms in total. The third kappa shape index (κ3) is 6.55. The van der Waals surface area contributed by atoms with Crippen LogP contribution in [0, 0.1) is 0 Å². The van der Waals surface area contributed by atoms with E-state index in [-0.39, 0.29) is 5.97 Å². The van der Waals surface area contributed by atoms with E-state index in [0.717, 1.165) is 0 Å². The van der Waals surface area contributed by atoms with E-state index < -0.39 is 20.2 Å². The normalized spacial score (nSPS) is 10.5. The molecule has 0 aliphatic carbocycles. The van der Waals surface area contributed by atoms with Crippen LogP contribution in [0.5, 0.6) is 5.75 Å². The summed E-state index contributed by atoms with van der Waals surface area (Å²) in [5.74, 6) is 0.283. The zero-order valence-corrected chi connectivity index (χ0v) is 21.8. The van der Waals surface area contributed by atoms with Crippen molar-refractivity contribution in [1.82, 2.24) is 0 Å². The van der Waals surface area contributed by atoms with Crippen molar-refractivity contribution in [1.29, 1.82) is 0 Å². The van der Waals surface area contributed by atoms with Crippen molar-refractivity contribution in [3.63, 3.8) is 0 Å². The Morgan fingerprint density at radius 3 is 1.46 bits per heavy atom. The predicted molar refractivity (Wildman–Crippen MR) is 120 cm³/mol. The van der Waals surface area contributed by atoms with Crippen molar-refractivity contribution in [3.8, 4) is 5.75 Å². The van der Waals surface area contributed by atoms with Crippen LogP contribution in [0.3, 0.4) is 0 Å². The molecule has 0 aromatic heterocycles. The molecule has 0 aliphatic rings. The summed E-state index contributed by atoms with van der Waals surface area (Å²) in [5, 5.41) is 3.92. The summed E-state index contributed by atoms with van der Waals surface area (Å²) in [5.41, 5.74) is 0. The average Bonchev–Trinajstić information content (AvgIpc) is 2.68. The van der Waals surface area contributed by atoms with Gasteiger partial charge in [0, 0.05) is 6.92 Å². The van der Waals surface area contributed by atoms with E-state index >= 15 is 0 Å². The number of halogens is 3. The quantitative estimate of drug-likeness (QED) is 0.199. The minimum atomic E-state index is -2.21. The van der Waals surface area contributed by atoms with Crippen molar-refractivity contribution >= 4 is 58.2 Å². The first-order valence-corrected chi connectivity index (χ1v) is 22.6. The number of hydrogen-bond acceptors (Lipinski definition) is 2. The van der Waals surface area contributed by atoms with Gasteiger partial charge in [-0.1, -0.05) is 36.4 Å². The van der Waals surface area contributed by atoms with Gasteiger partial charge in [0.25, 0.3) is 0 Å². The van der Waals surface area contributed by atoms with Crippen LogP contribution in [0.1, 0.15) is 6.92 Å². The second-order valence-electron chi connectivity index (χ2n) is 6.07. The summed E-state index contributed by atoms with van der Waals surface area (Å²) < 4.78 is 5.17. The summed E-state index contributed by atoms with van der Waals surface area (Å²) in [6.45, 7) is 3.75. The topological polar surface area (TPSA) is 26.3 Å². The third-order valence-corrected chi connectivity index (χ3v) is 8.15. The van der Waals surface area contributed by atoms with Gasteiger partial charge in [-0.05, 0) is 48.5 Å². The van der Waals surface area contributed by atoms with Gasteiger partial charge in [-0.2, -0.15) is 0 Å². The van der Waals surface area contributed by atoms with Gasteiger partial charge in [0.1, 0.15) is 28.9 Å². The van der Waals surface area contributed by atoms with Gasteiger partial charge in [0.05, 0.1) is 6.66 Å². The van der Waals surface area contributed by atoms with Crippen LogP contribution in [-0.2, 0) is 17.8 Å². The number of esters is 1. The summed E-state index contributed by atoms with van der Waals surface area (Å²) in [7, 11) is 13.3. The summed E-state index contributed by atoms with van der Waals surface area (Å²) in [4.78, 5) is 11.1. The molecule has 28 heavy (non-hydrogen) atoms. The molecule has 0 bridgehead atoms. The fraction of sp³-hybridized carbons (Fsp3) is 0.0952. The Kier molecular flexibility index (Phi) is 9.41. The number of carbonyl (C=O) groups is 1. The van der Waals surface area contributed by atoms with Gasteiger partial charge in [0.2, 0.25) is 0 Å². The molecule has 0 saturated heterocycles. The van der Waals surface area contributed by atoms with Crippen LogP contribution in [0.15, 0.2) is 84.9 Å². The molecule has 0 N–H and O–H groups in total. The maximum atomic E-state index is 11.1. The Labute approximate surface area is 184 Å². The Morgan fingerprint density at radius 1 is 0.750 bits per heavy atom. The Balaban J connectivity index is 0.000000640. The Bertz CT molecular complexity index is 833. The monoisotopic (exact) mass is 504 g/mol. The zero-order chi connectivity index (χ0) is 20.6. The van der Waals surface area contributed by atoms with E-state index in [4.69, 9.17) is 33.8 Å². The molecular weight excluding hydrogens is 487 g/mol. The predicted octanol–water partition coefficient (Wildman–Crippen LogP) is 5.60. The maximum absolute atomic E-state index is 11.1. The average molecular weight is 507 g/mol. The molecule has 0 amide bonds. The SMILES string of the molecule is CC(=O)Oc1ccc([P+](C)(c2ccccc2)c2ccccc2)cc1.[Cl][Zn-]([Cl])[Cl]. The molecule has 0 aliphatic heterocycles. The molecule has 0 fully saturated rings. The second kappa shape index (κ2) is 11.3. The summed E-state index contributed by atoms with van der Waals surface area (Å²) >= 11 is -2.21. The number of rotatable bonds is 4. The summed E-state index contributed by atoms with van der Waals surface area (Å²) in [6, 6.07) is 29.1. The molecule has 0 radical (unpaired) electrons. The van der Waals surface area contributed by atoms with Crippen LogP contribution < -0.4 is 20.7 Å². The first kappa shape index (κ1) is 23.3. The number of benzene rings is 3. The molecule has 3 aromatic rings. The van der Waals surface area contributed by atoms with Crippen LogP contribution in [0.2, 0.25) is 0 Å². The molecule has 0 saturated carbocycles. The number of carbonyl (C=O) groups excluding carboxylic acids is 1. The molecule has 0 unspecified atom stereocenters. The Morgan fingerprint density at radius 2 is 1.11 bits per heavy atom.